The number of anilines is 2. The predicted octanol–water partition coefficient (Wildman–Crippen LogP) is 1.80. The van der Waals surface area contributed by atoms with E-state index in [-0.39, 0.29) is 27.9 Å². The molecule has 0 spiro atoms. The van der Waals surface area contributed by atoms with Gasteiger partial charge in [-0.3, -0.25) is 0 Å². The number of nitrogen functional groups attached to an aromatic ring is 2. The maximum absolute atomic E-state index is 13.3. The zero-order valence-electron chi connectivity index (χ0n) is 9.39. The van der Waals surface area contributed by atoms with E-state index in [1.807, 2.05) is 0 Å². The minimum Gasteiger partial charge on any atom is -0.478 e. The lowest BCUT2D eigenvalue weighted by molar-refractivity contribution is 0.0698. The summed E-state index contributed by atoms with van der Waals surface area (Å²) in [6, 6.07) is 4.02. The lowest BCUT2D eigenvalue weighted by Gasteiger charge is -2.07. The highest BCUT2D eigenvalue weighted by atomic mass is 35.5. The zero-order valence-corrected chi connectivity index (χ0v) is 10.1. The van der Waals surface area contributed by atoms with E-state index in [4.69, 9.17) is 28.2 Å². The predicted molar refractivity (Wildman–Crippen MR) is 68.2 cm³/mol. The second-order valence-corrected chi connectivity index (χ2v) is 4.02. The summed E-state index contributed by atoms with van der Waals surface area (Å²) in [4.78, 5) is 17.9. The molecule has 0 amide bonds. The molecule has 0 aliphatic carbocycles. The molecule has 6 nitrogen and oxygen atoms in total. The van der Waals surface area contributed by atoms with Gasteiger partial charge < -0.3 is 16.6 Å². The van der Waals surface area contributed by atoms with Crippen LogP contribution in [0.4, 0.5) is 16.0 Å². The summed E-state index contributed by atoms with van der Waals surface area (Å²) in [5.41, 5.74) is 11.3. The SMILES string of the molecule is Nc1nc(F)c(Cl)c(-c2ccc(C(=O)O)c(N)c2)n1. The first kappa shape index (κ1) is 13.0. The van der Waals surface area contributed by atoms with Crippen molar-refractivity contribution in [2.75, 3.05) is 11.5 Å². The van der Waals surface area contributed by atoms with Crippen LogP contribution in [0, 0.1) is 5.95 Å². The Kier molecular flexibility index (Phi) is 3.22. The van der Waals surface area contributed by atoms with Gasteiger partial charge in [0.25, 0.3) is 0 Å². The van der Waals surface area contributed by atoms with Crippen LogP contribution in [-0.4, -0.2) is 21.0 Å². The number of carboxylic acid groups (broad SMARTS) is 1. The number of carboxylic acids is 1. The maximum atomic E-state index is 13.3. The molecule has 19 heavy (non-hydrogen) atoms. The Morgan fingerprint density at radius 1 is 1.32 bits per heavy atom. The summed E-state index contributed by atoms with van der Waals surface area (Å²) >= 11 is 5.74. The molecular formula is C11H8ClFN4O2. The molecule has 0 aliphatic rings. The number of aromatic nitrogens is 2. The Labute approximate surface area is 111 Å². The fourth-order valence-corrected chi connectivity index (χ4v) is 1.73. The first-order valence-electron chi connectivity index (χ1n) is 5.02. The molecule has 1 aromatic carbocycles. The highest BCUT2D eigenvalue weighted by Gasteiger charge is 2.15. The van der Waals surface area contributed by atoms with Crippen LogP contribution < -0.4 is 11.5 Å². The van der Waals surface area contributed by atoms with Gasteiger partial charge in [-0.2, -0.15) is 9.37 Å². The largest absolute Gasteiger partial charge is 0.478 e. The summed E-state index contributed by atoms with van der Waals surface area (Å²) in [6.45, 7) is 0. The molecule has 0 atom stereocenters. The van der Waals surface area contributed by atoms with Crippen molar-refractivity contribution in [3.63, 3.8) is 0 Å². The minimum atomic E-state index is -1.16. The van der Waals surface area contributed by atoms with Crippen LogP contribution in [0.3, 0.4) is 0 Å². The fraction of sp³-hybridized carbons (Fsp3) is 0. The molecule has 1 aromatic heterocycles. The Morgan fingerprint density at radius 3 is 2.58 bits per heavy atom. The van der Waals surface area contributed by atoms with Crippen LogP contribution in [-0.2, 0) is 0 Å². The molecule has 2 rings (SSSR count). The maximum Gasteiger partial charge on any atom is 0.337 e. The van der Waals surface area contributed by atoms with Crippen LogP contribution in [0.1, 0.15) is 10.4 Å². The van der Waals surface area contributed by atoms with Gasteiger partial charge in [-0.15, -0.1) is 0 Å². The van der Waals surface area contributed by atoms with Crippen molar-refractivity contribution in [3.8, 4) is 11.3 Å². The van der Waals surface area contributed by atoms with Crippen molar-refractivity contribution >= 4 is 29.2 Å². The number of hydrogen-bond donors (Lipinski definition) is 3. The zero-order chi connectivity index (χ0) is 14.2. The number of aromatic carboxylic acids is 1. The van der Waals surface area contributed by atoms with Gasteiger partial charge in [0.1, 0.15) is 5.02 Å². The van der Waals surface area contributed by atoms with E-state index in [0.717, 1.165) is 0 Å². The van der Waals surface area contributed by atoms with Crippen LogP contribution in [0.5, 0.6) is 0 Å². The average Bonchev–Trinajstić information content (AvgIpc) is 2.33. The standard InChI is InChI=1S/C11H8ClFN4O2/c12-7-8(16-11(15)17-9(7)13)4-1-2-5(10(18)19)6(14)3-4/h1-3H,14H2,(H,18,19)(H2,15,16,17). The smallest absolute Gasteiger partial charge is 0.337 e. The Bertz CT molecular complexity index is 678. The van der Waals surface area contributed by atoms with E-state index < -0.39 is 11.9 Å². The summed E-state index contributed by atoms with van der Waals surface area (Å²) in [5, 5.41) is 8.55. The van der Waals surface area contributed by atoms with Crippen LogP contribution >= 0.6 is 11.6 Å². The lowest BCUT2D eigenvalue weighted by Crippen LogP contribution is -2.04. The van der Waals surface area contributed by atoms with Gasteiger partial charge in [-0.25, -0.2) is 9.78 Å². The number of carbonyl (C=O) groups is 1. The molecule has 2 aromatic rings. The summed E-state index contributed by atoms with van der Waals surface area (Å²) in [5.74, 6) is -2.40. The molecule has 0 saturated carbocycles. The summed E-state index contributed by atoms with van der Waals surface area (Å²) in [7, 11) is 0. The Morgan fingerprint density at radius 2 is 2.00 bits per heavy atom. The molecule has 5 N–H and O–H groups in total. The highest BCUT2D eigenvalue weighted by molar-refractivity contribution is 6.33. The van der Waals surface area contributed by atoms with Gasteiger partial charge in [0.2, 0.25) is 11.9 Å². The molecule has 0 radical (unpaired) electrons. The van der Waals surface area contributed by atoms with Crippen LogP contribution in [0.25, 0.3) is 11.3 Å². The number of benzene rings is 1. The summed E-state index contributed by atoms with van der Waals surface area (Å²) in [6.07, 6.45) is 0. The normalized spacial score (nSPS) is 10.4. The van der Waals surface area contributed by atoms with Gasteiger partial charge in [0.15, 0.2) is 0 Å². The third-order valence-corrected chi connectivity index (χ3v) is 2.72. The molecule has 1 heterocycles. The van der Waals surface area contributed by atoms with Gasteiger partial charge in [0, 0.05) is 11.3 Å². The number of nitrogens with zero attached hydrogens (tertiary/aromatic N) is 2. The molecule has 8 heteroatoms. The van der Waals surface area contributed by atoms with Gasteiger partial charge in [-0.05, 0) is 12.1 Å². The molecule has 0 fully saturated rings. The Balaban J connectivity index is 2.60. The molecule has 98 valence electrons. The van der Waals surface area contributed by atoms with E-state index >= 15 is 0 Å². The van der Waals surface area contributed by atoms with Gasteiger partial charge in [-0.1, -0.05) is 17.7 Å². The average molecular weight is 283 g/mol. The third kappa shape index (κ3) is 2.41. The first-order chi connectivity index (χ1) is 8.90. The summed E-state index contributed by atoms with van der Waals surface area (Å²) < 4.78 is 13.3. The fourth-order valence-electron chi connectivity index (χ4n) is 1.53. The molecule has 0 unspecified atom stereocenters. The van der Waals surface area contributed by atoms with Gasteiger partial charge >= 0.3 is 5.97 Å². The van der Waals surface area contributed by atoms with Gasteiger partial charge in [0.05, 0.1) is 11.3 Å². The van der Waals surface area contributed by atoms with Crippen molar-refractivity contribution in [1.29, 1.82) is 0 Å². The molecule has 0 aliphatic heterocycles. The lowest BCUT2D eigenvalue weighted by atomic mass is 10.1. The van der Waals surface area contributed by atoms with E-state index in [1.165, 1.54) is 18.2 Å². The van der Waals surface area contributed by atoms with Crippen LogP contribution in [0.15, 0.2) is 18.2 Å². The minimum absolute atomic E-state index is 0.0126. The monoisotopic (exact) mass is 282 g/mol. The third-order valence-electron chi connectivity index (χ3n) is 2.38. The second kappa shape index (κ2) is 4.69. The molecule has 0 bridgehead atoms. The van der Waals surface area contributed by atoms with Crippen molar-refractivity contribution < 1.29 is 14.3 Å². The highest BCUT2D eigenvalue weighted by Crippen LogP contribution is 2.30. The first-order valence-corrected chi connectivity index (χ1v) is 5.39. The number of nitrogens with two attached hydrogens (primary N) is 2. The van der Waals surface area contributed by atoms with E-state index in [9.17, 15) is 9.18 Å². The van der Waals surface area contributed by atoms with E-state index in [0.29, 0.717) is 5.56 Å². The quantitative estimate of drug-likeness (QED) is 0.571. The molecule has 0 saturated heterocycles. The van der Waals surface area contributed by atoms with Crippen LogP contribution in [0.2, 0.25) is 5.02 Å². The second-order valence-electron chi connectivity index (χ2n) is 3.64. The Hall–Kier alpha value is -2.41. The number of hydrogen-bond acceptors (Lipinski definition) is 5. The van der Waals surface area contributed by atoms with Crippen molar-refractivity contribution in [1.82, 2.24) is 9.97 Å². The van der Waals surface area contributed by atoms with Crippen molar-refractivity contribution in [2.45, 2.75) is 0 Å². The molecular weight excluding hydrogens is 275 g/mol. The van der Waals surface area contributed by atoms with Crippen molar-refractivity contribution in [3.05, 3.63) is 34.7 Å². The number of rotatable bonds is 2. The number of halogens is 2. The van der Waals surface area contributed by atoms with E-state index in [2.05, 4.69) is 9.97 Å². The van der Waals surface area contributed by atoms with Crippen molar-refractivity contribution in [2.24, 2.45) is 0 Å². The topological polar surface area (TPSA) is 115 Å². The van der Waals surface area contributed by atoms with E-state index in [1.54, 1.807) is 0 Å².